The van der Waals surface area contributed by atoms with E-state index in [-0.39, 0.29) is 22.1 Å². The van der Waals surface area contributed by atoms with E-state index in [1.54, 1.807) is 13.0 Å². The first kappa shape index (κ1) is 32.1. The van der Waals surface area contributed by atoms with Gasteiger partial charge in [0.15, 0.2) is 12.2 Å². The molecule has 0 amide bonds. The van der Waals surface area contributed by atoms with Crippen molar-refractivity contribution >= 4 is 45.7 Å². The fraction of sp³-hybridized carbons (Fsp3) is 0.333. The Kier molecular flexibility index (Phi) is 9.33. The molecule has 0 radical (unpaired) electrons. The van der Waals surface area contributed by atoms with Gasteiger partial charge in [0.2, 0.25) is 17.8 Å². The molecular weight excluding hydrogens is 602 g/mol. The number of pyridine rings is 1. The molecule has 1 fully saturated rings. The Balaban J connectivity index is 1.51. The number of aromatic nitrogens is 1. The molecule has 1 aliphatic rings. The number of ether oxygens (including phenoxy) is 6. The summed E-state index contributed by atoms with van der Waals surface area (Å²) in [5.41, 5.74) is 1.39. The van der Waals surface area contributed by atoms with Crippen LogP contribution in [0, 0.1) is 6.92 Å². The van der Waals surface area contributed by atoms with Crippen LogP contribution in [0.2, 0.25) is 0 Å². The Bertz CT molecular complexity index is 1880. The summed E-state index contributed by atoms with van der Waals surface area (Å²) in [6, 6.07) is 15.6. The third kappa shape index (κ3) is 6.99. The number of carbonyl (C=O) groups is 4. The lowest BCUT2D eigenvalue weighted by Gasteiger charge is -2.43. The average molecular weight is 634 g/mol. The molecule has 0 saturated carbocycles. The first-order valence-corrected chi connectivity index (χ1v) is 14.3. The SMILES string of the molecule is CC(=O)OC[C@@H]1O[C@@H](Oc2ccc3c(=O)c(-c4ccc5ccccc5n4)c(C)oc3c2)[C@@H](OC(C)=O)[C@H](OC(C)=O)[C@H]1OC(C)=O. The third-order valence-corrected chi connectivity index (χ3v) is 7.09. The van der Waals surface area contributed by atoms with Crippen LogP contribution >= 0.6 is 0 Å². The van der Waals surface area contributed by atoms with Crippen molar-refractivity contribution in [3.63, 3.8) is 0 Å². The fourth-order valence-electron chi connectivity index (χ4n) is 5.28. The summed E-state index contributed by atoms with van der Waals surface area (Å²) in [5.74, 6) is -2.48. The molecule has 5 atom stereocenters. The second-order valence-electron chi connectivity index (χ2n) is 10.6. The maximum atomic E-state index is 13.6. The van der Waals surface area contributed by atoms with E-state index in [4.69, 9.17) is 32.8 Å². The van der Waals surface area contributed by atoms with Crippen LogP contribution in [0.15, 0.2) is 63.8 Å². The van der Waals surface area contributed by atoms with Gasteiger partial charge in [0.1, 0.15) is 29.8 Å². The number of aryl methyl sites for hydroxylation is 1. The molecule has 0 N–H and O–H groups in total. The summed E-state index contributed by atoms with van der Waals surface area (Å²) in [5, 5.41) is 1.18. The van der Waals surface area contributed by atoms with Gasteiger partial charge < -0.3 is 32.8 Å². The van der Waals surface area contributed by atoms with Crippen molar-refractivity contribution < 1.29 is 52.0 Å². The Morgan fingerprint density at radius 3 is 2.17 bits per heavy atom. The first-order valence-electron chi connectivity index (χ1n) is 14.3. The number of hydrogen-bond acceptors (Lipinski definition) is 13. The Hall–Kier alpha value is -5.30. The van der Waals surface area contributed by atoms with E-state index >= 15 is 0 Å². The lowest BCUT2D eigenvalue weighted by Crippen LogP contribution is -2.63. The predicted molar refractivity (Wildman–Crippen MR) is 161 cm³/mol. The molecule has 0 spiro atoms. The number of carbonyl (C=O) groups excluding carboxylic acids is 4. The van der Waals surface area contributed by atoms with Crippen LogP contribution < -0.4 is 10.2 Å². The molecular formula is C33H31NO12. The van der Waals surface area contributed by atoms with Gasteiger partial charge in [0.05, 0.1) is 22.2 Å². The largest absolute Gasteiger partial charge is 0.463 e. The quantitative estimate of drug-likeness (QED) is 0.203. The summed E-state index contributed by atoms with van der Waals surface area (Å²) in [4.78, 5) is 66.1. The summed E-state index contributed by atoms with van der Waals surface area (Å²) >= 11 is 0. The molecule has 0 bridgehead atoms. The van der Waals surface area contributed by atoms with E-state index in [2.05, 4.69) is 4.98 Å². The summed E-state index contributed by atoms with van der Waals surface area (Å²) in [6.45, 7) is 5.80. The molecule has 3 heterocycles. The van der Waals surface area contributed by atoms with Crippen molar-refractivity contribution in [3.8, 4) is 17.0 Å². The fourth-order valence-corrected chi connectivity index (χ4v) is 5.28. The topological polar surface area (TPSA) is 167 Å². The van der Waals surface area contributed by atoms with Crippen molar-refractivity contribution in [2.45, 2.75) is 65.3 Å². The molecule has 2 aromatic carbocycles. The standard InChI is InChI=1S/C33H31NO12/c1-16-28(25-13-10-21-8-6-7-9-24(21)34-25)29(39)23-12-11-22(14-26(23)41-16)45-33-32(44-20(5)38)31(43-19(4)37)30(42-18(3)36)27(46-33)15-40-17(2)35/h6-14,27,30-33H,15H2,1-5H3/t27-,30-,31+,32-,33+/m0/s1. The Morgan fingerprint density at radius 1 is 0.804 bits per heavy atom. The molecule has 4 aromatic rings. The van der Waals surface area contributed by atoms with Gasteiger partial charge in [-0.3, -0.25) is 24.0 Å². The average Bonchev–Trinajstić information content (AvgIpc) is 2.98. The van der Waals surface area contributed by atoms with Gasteiger partial charge in [-0.25, -0.2) is 4.98 Å². The van der Waals surface area contributed by atoms with Gasteiger partial charge in [-0.15, -0.1) is 0 Å². The highest BCUT2D eigenvalue weighted by Gasteiger charge is 2.53. The van der Waals surface area contributed by atoms with Crippen molar-refractivity contribution in [3.05, 3.63) is 70.6 Å². The molecule has 2 aromatic heterocycles. The lowest BCUT2D eigenvalue weighted by atomic mass is 9.98. The smallest absolute Gasteiger partial charge is 0.303 e. The van der Waals surface area contributed by atoms with E-state index in [1.807, 2.05) is 30.3 Å². The van der Waals surface area contributed by atoms with Crippen molar-refractivity contribution in [2.24, 2.45) is 0 Å². The molecule has 46 heavy (non-hydrogen) atoms. The molecule has 13 nitrogen and oxygen atoms in total. The predicted octanol–water partition coefficient (Wildman–Crippen LogP) is 3.78. The number of esters is 4. The molecule has 1 saturated heterocycles. The summed E-state index contributed by atoms with van der Waals surface area (Å²) < 4.78 is 39.5. The normalized spacial score (nSPS) is 20.9. The van der Waals surface area contributed by atoms with Gasteiger partial charge in [0, 0.05) is 39.1 Å². The van der Waals surface area contributed by atoms with Gasteiger partial charge in [-0.05, 0) is 31.2 Å². The number of fused-ring (bicyclic) bond motifs is 2. The van der Waals surface area contributed by atoms with E-state index in [0.29, 0.717) is 17.0 Å². The Labute approximate surface area is 262 Å². The zero-order chi connectivity index (χ0) is 33.1. The molecule has 0 unspecified atom stereocenters. The van der Waals surface area contributed by atoms with Crippen LogP contribution in [0.4, 0.5) is 0 Å². The Morgan fingerprint density at radius 2 is 1.48 bits per heavy atom. The monoisotopic (exact) mass is 633 g/mol. The van der Waals surface area contributed by atoms with Gasteiger partial charge >= 0.3 is 23.9 Å². The minimum Gasteiger partial charge on any atom is -0.463 e. The lowest BCUT2D eigenvalue weighted by molar-refractivity contribution is -0.288. The number of nitrogens with zero attached hydrogens (tertiary/aromatic N) is 1. The zero-order valence-corrected chi connectivity index (χ0v) is 25.6. The molecule has 1 aliphatic heterocycles. The van der Waals surface area contributed by atoms with E-state index in [9.17, 15) is 24.0 Å². The van der Waals surface area contributed by atoms with Crippen LogP contribution in [0.1, 0.15) is 33.5 Å². The van der Waals surface area contributed by atoms with E-state index in [1.165, 1.54) is 25.1 Å². The highest BCUT2D eigenvalue weighted by atomic mass is 16.7. The highest BCUT2D eigenvalue weighted by molar-refractivity contribution is 5.86. The minimum atomic E-state index is -1.45. The summed E-state index contributed by atoms with van der Waals surface area (Å²) in [7, 11) is 0. The molecule has 13 heteroatoms. The number of para-hydroxylation sites is 1. The first-order chi connectivity index (χ1) is 21.9. The van der Waals surface area contributed by atoms with Crippen molar-refractivity contribution in [2.75, 3.05) is 6.61 Å². The number of benzene rings is 2. The van der Waals surface area contributed by atoms with E-state index < -0.39 is 61.2 Å². The maximum Gasteiger partial charge on any atom is 0.303 e. The van der Waals surface area contributed by atoms with Gasteiger partial charge in [-0.1, -0.05) is 24.3 Å². The van der Waals surface area contributed by atoms with E-state index in [0.717, 1.165) is 31.7 Å². The van der Waals surface area contributed by atoms with Crippen LogP contribution in [0.25, 0.3) is 33.1 Å². The number of hydrogen-bond donors (Lipinski definition) is 0. The molecule has 240 valence electrons. The maximum absolute atomic E-state index is 13.6. The second-order valence-corrected chi connectivity index (χ2v) is 10.6. The van der Waals surface area contributed by atoms with Crippen LogP contribution in [0.5, 0.6) is 5.75 Å². The molecule has 5 rings (SSSR count). The highest BCUT2D eigenvalue weighted by Crippen LogP contribution is 2.32. The van der Waals surface area contributed by atoms with Crippen molar-refractivity contribution in [1.82, 2.24) is 4.98 Å². The minimum absolute atomic E-state index is 0.132. The van der Waals surface area contributed by atoms with Crippen LogP contribution in [-0.2, 0) is 42.9 Å². The zero-order valence-electron chi connectivity index (χ0n) is 25.6. The van der Waals surface area contributed by atoms with Gasteiger partial charge in [-0.2, -0.15) is 0 Å². The summed E-state index contributed by atoms with van der Waals surface area (Å²) in [6.07, 6.45) is -6.80. The van der Waals surface area contributed by atoms with Crippen molar-refractivity contribution in [1.29, 1.82) is 0 Å². The van der Waals surface area contributed by atoms with Crippen LogP contribution in [0.3, 0.4) is 0 Å². The second kappa shape index (κ2) is 13.4. The molecule has 0 aliphatic carbocycles. The van der Waals surface area contributed by atoms with Gasteiger partial charge in [0.25, 0.3) is 0 Å². The van der Waals surface area contributed by atoms with Crippen LogP contribution in [-0.4, -0.2) is 66.2 Å². The number of rotatable bonds is 8. The third-order valence-electron chi connectivity index (χ3n) is 7.09.